The molecule has 3 rings (SSSR count). The number of hydrogen-bond acceptors (Lipinski definition) is 3. The van der Waals surface area contributed by atoms with E-state index in [-0.39, 0.29) is 17.1 Å². The molecule has 0 aliphatic carbocycles. The smallest absolute Gasteiger partial charge is 0.167 e. The van der Waals surface area contributed by atoms with Gasteiger partial charge in [0.15, 0.2) is 5.16 Å². The van der Waals surface area contributed by atoms with Gasteiger partial charge in [0, 0.05) is 6.04 Å². The number of rotatable bonds is 4. The number of fused-ring (bicyclic) bond motifs is 1. The van der Waals surface area contributed by atoms with Crippen LogP contribution in [0.4, 0.5) is 4.39 Å². The van der Waals surface area contributed by atoms with Crippen LogP contribution in [0.1, 0.15) is 17.7 Å². The summed E-state index contributed by atoms with van der Waals surface area (Å²) in [6.45, 7) is 1.92. The van der Waals surface area contributed by atoms with E-state index in [0.717, 1.165) is 21.8 Å². The highest BCUT2D eigenvalue weighted by molar-refractivity contribution is 7.99. The predicted octanol–water partition coefficient (Wildman–Crippen LogP) is 3.88. The fourth-order valence-corrected chi connectivity index (χ4v) is 3.33. The summed E-state index contributed by atoms with van der Waals surface area (Å²) in [5.41, 5.74) is 8.85. The van der Waals surface area contributed by atoms with Gasteiger partial charge in [0.05, 0.1) is 16.3 Å². The van der Waals surface area contributed by atoms with Crippen LogP contribution in [0.5, 0.6) is 0 Å². The Morgan fingerprint density at radius 3 is 2.71 bits per heavy atom. The molecule has 2 atom stereocenters. The van der Waals surface area contributed by atoms with E-state index in [2.05, 4.69) is 9.97 Å². The van der Waals surface area contributed by atoms with Gasteiger partial charge < -0.3 is 10.7 Å². The van der Waals surface area contributed by atoms with Crippen LogP contribution in [0.3, 0.4) is 0 Å². The number of hydrogen-bond donors (Lipinski definition) is 2. The Morgan fingerprint density at radius 1 is 1.19 bits per heavy atom. The molecule has 0 aliphatic rings. The number of thioether (sulfide) groups is 1. The van der Waals surface area contributed by atoms with Gasteiger partial charge >= 0.3 is 0 Å². The maximum Gasteiger partial charge on any atom is 0.167 e. The first-order valence-corrected chi connectivity index (χ1v) is 7.64. The highest BCUT2D eigenvalue weighted by Gasteiger charge is 2.20. The normalized spacial score (nSPS) is 14.2. The molecule has 5 heteroatoms. The molecule has 0 bridgehead atoms. The second-order valence-corrected chi connectivity index (χ2v) is 6.14. The van der Waals surface area contributed by atoms with Crippen molar-refractivity contribution < 1.29 is 4.39 Å². The van der Waals surface area contributed by atoms with E-state index < -0.39 is 0 Å². The Morgan fingerprint density at radius 2 is 2.00 bits per heavy atom. The lowest BCUT2D eigenvalue weighted by atomic mass is 10.1. The Bertz CT molecular complexity index is 721. The second-order valence-electron chi connectivity index (χ2n) is 5.01. The average Bonchev–Trinajstić information content (AvgIpc) is 2.87. The minimum Gasteiger partial charge on any atom is -0.333 e. The van der Waals surface area contributed by atoms with Crippen molar-refractivity contribution in [1.29, 1.82) is 0 Å². The first-order chi connectivity index (χ1) is 10.1. The van der Waals surface area contributed by atoms with Crippen molar-refractivity contribution >= 4 is 22.8 Å². The highest BCUT2D eigenvalue weighted by Crippen LogP contribution is 2.36. The molecule has 0 saturated heterocycles. The first-order valence-electron chi connectivity index (χ1n) is 6.76. The summed E-state index contributed by atoms with van der Waals surface area (Å²) in [6.07, 6.45) is 0. The molecule has 0 radical (unpaired) electrons. The van der Waals surface area contributed by atoms with Gasteiger partial charge in [0.1, 0.15) is 5.82 Å². The molecule has 2 aromatic carbocycles. The third-order valence-corrected chi connectivity index (χ3v) is 4.63. The summed E-state index contributed by atoms with van der Waals surface area (Å²) in [4.78, 5) is 7.81. The summed E-state index contributed by atoms with van der Waals surface area (Å²) in [7, 11) is 0. The summed E-state index contributed by atoms with van der Waals surface area (Å²) in [5.74, 6) is -0.247. The maximum atomic E-state index is 13.4. The molecule has 21 heavy (non-hydrogen) atoms. The lowest BCUT2D eigenvalue weighted by Crippen LogP contribution is -2.22. The molecular formula is C16H16FN3S. The monoisotopic (exact) mass is 301 g/mol. The fourth-order valence-electron chi connectivity index (χ4n) is 2.27. The van der Waals surface area contributed by atoms with Crippen molar-refractivity contribution in [1.82, 2.24) is 9.97 Å². The van der Waals surface area contributed by atoms with E-state index in [1.807, 2.05) is 37.3 Å². The quantitative estimate of drug-likeness (QED) is 0.719. The molecule has 3 N–H and O–H groups in total. The van der Waals surface area contributed by atoms with Crippen LogP contribution in [-0.2, 0) is 0 Å². The minimum atomic E-state index is -0.247. The molecule has 108 valence electrons. The number of nitrogens with one attached hydrogen (secondary N) is 1. The van der Waals surface area contributed by atoms with E-state index in [9.17, 15) is 4.39 Å². The number of nitrogens with zero attached hydrogens (tertiary/aromatic N) is 1. The number of benzene rings is 2. The third-order valence-electron chi connectivity index (χ3n) is 3.26. The molecule has 2 unspecified atom stereocenters. The maximum absolute atomic E-state index is 13.4. The lowest BCUT2D eigenvalue weighted by molar-refractivity contribution is 0.621. The number of aromatic nitrogens is 2. The number of para-hydroxylation sites is 2. The van der Waals surface area contributed by atoms with Gasteiger partial charge in [0.2, 0.25) is 0 Å². The highest BCUT2D eigenvalue weighted by atomic mass is 32.2. The standard InChI is InChI=1S/C16H16FN3S/c1-10(18)15(11-5-4-6-12(17)9-11)21-16-19-13-7-2-3-8-14(13)20-16/h2-10,15H,18H2,1H3,(H,19,20). The zero-order valence-corrected chi connectivity index (χ0v) is 12.4. The van der Waals surface area contributed by atoms with Crippen LogP contribution in [0, 0.1) is 5.82 Å². The van der Waals surface area contributed by atoms with Crippen LogP contribution < -0.4 is 5.73 Å². The number of H-pyrrole nitrogens is 1. The molecular weight excluding hydrogens is 285 g/mol. The van der Waals surface area contributed by atoms with Crippen molar-refractivity contribution in [2.45, 2.75) is 23.4 Å². The molecule has 3 aromatic rings. The SMILES string of the molecule is CC(N)C(Sc1nc2ccccc2[nH]1)c1cccc(F)c1. The van der Waals surface area contributed by atoms with Crippen molar-refractivity contribution in [3.8, 4) is 0 Å². The first kappa shape index (κ1) is 14.1. The largest absolute Gasteiger partial charge is 0.333 e. The fraction of sp³-hybridized carbons (Fsp3) is 0.188. The number of halogens is 1. The summed E-state index contributed by atoms with van der Waals surface area (Å²) in [6, 6.07) is 14.3. The molecule has 0 aliphatic heterocycles. The van der Waals surface area contributed by atoms with Gasteiger partial charge in [-0.1, -0.05) is 36.0 Å². The second kappa shape index (κ2) is 5.87. The topological polar surface area (TPSA) is 54.7 Å². The Kier molecular flexibility index (Phi) is 3.94. The van der Waals surface area contributed by atoms with Gasteiger partial charge in [0.25, 0.3) is 0 Å². The Labute approximate surface area is 126 Å². The van der Waals surface area contributed by atoms with E-state index >= 15 is 0 Å². The van der Waals surface area contributed by atoms with E-state index in [0.29, 0.717) is 0 Å². The van der Waals surface area contributed by atoms with Gasteiger partial charge in [-0.3, -0.25) is 0 Å². The van der Waals surface area contributed by atoms with Crippen molar-refractivity contribution in [3.63, 3.8) is 0 Å². The van der Waals surface area contributed by atoms with E-state index in [1.165, 1.54) is 23.9 Å². The molecule has 1 heterocycles. The van der Waals surface area contributed by atoms with E-state index in [1.54, 1.807) is 6.07 Å². The number of nitrogens with two attached hydrogens (primary N) is 1. The number of imidazole rings is 1. The van der Waals surface area contributed by atoms with Gasteiger partial charge in [-0.25, -0.2) is 9.37 Å². The van der Waals surface area contributed by atoms with Crippen molar-refractivity contribution in [2.75, 3.05) is 0 Å². The summed E-state index contributed by atoms with van der Waals surface area (Å²) in [5, 5.41) is 0.740. The molecule has 1 aromatic heterocycles. The number of aromatic amines is 1. The summed E-state index contributed by atoms with van der Waals surface area (Å²) >= 11 is 1.53. The van der Waals surface area contributed by atoms with E-state index in [4.69, 9.17) is 5.73 Å². The molecule has 0 saturated carbocycles. The average molecular weight is 301 g/mol. The minimum absolute atomic E-state index is 0.0544. The Balaban J connectivity index is 1.91. The van der Waals surface area contributed by atoms with Gasteiger partial charge in [-0.2, -0.15) is 0 Å². The molecule has 0 spiro atoms. The van der Waals surface area contributed by atoms with Crippen molar-refractivity contribution in [3.05, 3.63) is 59.9 Å². The van der Waals surface area contributed by atoms with Crippen LogP contribution >= 0.6 is 11.8 Å². The zero-order chi connectivity index (χ0) is 14.8. The predicted molar refractivity (Wildman–Crippen MR) is 84.7 cm³/mol. The molecule has 3 nitrogen and oxygen atoms in total. The van der Waals surface area contributed by atoms with Crippen LogP contribution in [-0.4, -0.2) is 16.0 Å². The van der Waals surface area contributed by atoms with Crippen LogP contribution in [0.25, 0.3) is 11.0 Å². The van der Waals surface area contributed by atoms with Crippen LogP contribution in [0.15, 0.2) is 53.7 Å². The molecule has 0 fully saturated rings. The van der Waals surface area contributed by atoms with Crippen LogP contribution in [0.2, 0.25) is 0 Å². The third kappa shape index (κ3) is 3.09. The van der Waals surface area contributed by atoms with Crippen molar-refractivity contribution in [2.24, 2.45) is 5.73 Å². The van der Waals surface area contributed by atoms with Gasteiger partial charge in [-0.15, -0.1) is 0 Å². The zero-order valence-electron chi connectivity index (χ0n) is 11.6. The van der Waals surface area contributed by atoms with Gasteiger partial charge in [-0.05, 0) is 36.8 Å². The lowest BCUT2D eigenvalue weighted by Gasteiger charge is -2.19. The Hall–Kier alpha value is -1.85. The summed E-state index contributed by atoms with van der Waals surface area (Å²) < 4.78 is 13.4. The molecule has 0 amide bonds.